The quantitative estimate of drug-likeness (QED) is 0.589. The molecule has 0 amide bonds. The molecule has 1 spiro atoms. The van der Waals surface area contributed by atoms with Gasteiger partial charge in [0.05, 0.1) is 18.8 Å². The maximum Gasteiger partial charge on any atom is 0.171 e. The normalized spacial score (nSPS) is 60.9. The van der Waals surface area contributed by atoms with E-state index in [1.807, 2.05) is 0 Å². The average molecular weight is 431 g/mol. The van der Waals surface area contributed by atoms with Gasteiger partial charge in [0.2, 0.25) is 0 Å². The molecule has 6 rings (SSSR count). The highest BCUT2D eigenvalue weighted by Crippen LogP contribution is 2.70. The molecule has 31 heavy (non-hydrogen) atoms. The minimum atomic E-state index is -0.448. The monoisotopic (exact) mass is 430 g/mol. The largest absolute Gasteiger partial charge is 0.393 e. The van der Waals surface area contributed by atoms with Gasteiger partial charge in [0.1, 0.15) is 5.78 Å². The van der Waals surface area contributed by atoms with Crippen LogP contribution in [0.4, 0.5) is 0 Å². The third kappa shape index (κ3) is 2.68. The SMILES string of the molecule is C[C@@H]1CC[C@@]2(OC1)OC1CC3C4CCC5C[C@@H](O)CC[C@]5(C)C4CC(=O)[C@]3(C)C1[C@@H]2C. The molecule has 4 saturated carbocycles. The molecule has 2 heterocycles. The smallest absolute Gasteiger partial charge is 0.171 e. The van der Waals surface area contributed by atoms with Crippen molar-refractivity contribution in [1.29, 1.82) is 0 Å². The first kappa shape index (κ1) is 21.1. The molecule has 174 valence electrons. The Hall–Kier alpha value is -0.450. The first-order valence-corrected chi connectivity index (χ1v) is 13.2. The highest BCUT2D eigenvalue weighted by Gasteiger charge is 2.71. The third-order valence-corrected chi connectivity index (χ3v) is 11.8. The highest BCUT2D eigenvalue weighted by atomic mass is 16.7. The van der Waals surface area contributed by atoms with Crippen LogP contribution in [0, 0.1) is 52.3 Å². The molecule has 0 bridgehead atoms. The number of hydrogen-bond donors (Lipinski definition) is 1. The Kier molecular flexibility index (Phi) is 4.62. The van der Waals surface area contributed by atoms with Crippen LogP contribution < -0.4 is 0 Å². The van der Waals surface area contributed by atoms with E-state index in [1.54, 1.807) is 0 Å². The highest BCUT2D eigenvalue weighted by molar-refractivity contribution is 5.87. The third-order valence-electron chi connectivity index (χ3n) is 11.8. The van der Waals surface area contributed by atoms with Crippen molar-refractivity contribution in [1.82, 2.24) is 0 Å². The molecule has 12 atom stereocenters. The number of ketones is 1. The summed E-state index contributed by atoms with van der Waals surface area (Å²) in [6.45, 7) is 10.1. The zero-order valence-corrected chi connectivity index (χ0v) is 19.9. The molecule has 6 unspecified atom stereocenters. The van der Waals surface area contributed by atoms with Gasteiger partial charge >= 0.3 is 0 Å². The molecule has 4 heteroatoms. The molecule has 0 aromatic rings. The van der Waals surface area contributed by atoms with Crippen molar-refractivity contribution in [3.63, 3.8) is 0 Å². The lowest BCUT2D eigenvalue weighted by Gasteiger charge is -2.60. The van der Waals surface area contributed by atoms with Crippen LogP contribution in [0.25, 0.3) is 0 Å². The summed E-state index contributed by atoms with van der Waals surface area (Å²) in [5, 5.41) is 10.3. The van der Waals surface area contributed by atoms with E-state index in [0.29, 0.717) is 41.3 Å². The van der Waals surface area contributed by atoms with Crippen LogP contribution in [-0.4, -0.2) is 35.5 Å². The molecule has 0 aromatic heterocycles. The molecule has 2 saturated heterocycles. The number of fused-ring (bicyclic) bond motifs is 7. The number of carbonyl (C=O) groups excluding carboxylic acids is 1. The fraction of sp³-hybridized carbons (Fsp3) is 0.963. The summed E-state index contributed by atoms with van der Waals surface area (Å²) in [5.74, 6) is 3.45. The van der Waals surface area contributed by atoms with E-state index >= 15 is 0 Å². The second-order valence-corrected chi connectivity index (χ2v) is 13.0. The van der Waals surface area contributed by atoms with E-state index in [2.05, 4.69) is 27.7 Å². The zero-order valence-electron chi connectivity index (χ0n) is 19.9. The van der Waals surface area contributed by atoms with Crippen molar-refractivity contribution in [2.75, 3.05) is 6.61 Å². The molecule has 6 aliphatic rings. The fourth-order valence-corrected chi connectivity index (χ4v) is 9.93. The zero-order chi connectivity index (χ0) is 21.8. The lowest BCUT2D eigenvalue weighted by molar-refractivity contribution is -0.272. The topological polar surface area (TPSA) is 55.8 Å². The number of hydrogen-bond acceptors (Lipinski definition) is 4. The second kappa shape index (κ2) is 6.79. The number of rotatable bonds is 0. The Bertz CT molecular complexity index is 756. The van der Waals surface area contributed by atoms with Crippen molar-refractivity contribution < 1.29 is 19.4 Å². The van der Waals surface area contributed by atoms with E-state index in [4.69, 9.17) is 9.47 Å². The van der Waals surface area contributed by atoms with E-state index in [0.717, 1.165) is 51.6 Å². The lowest BCUT2D eigenvalue weighted by Crippen LogP contribution is -2.58. The van der Waals surface area contributed by atoms with Gasteiger partial charge in [0, 0.05) is 30.1 Å². The van der Waals surface area contributed by atoms with Crippen molar-refractivity contribution in [3.8, 4) is 0 Å². The Morgan fingerprint density at radius 2 is 1.81 bits per heavy atom. The maximum absolute atomic E-state index is 14.0. The minimum Gasteiger partial charge on any atom is -0.393 e. The van der Waals surface area contributed by atoms with Gasteiger partial charge in [-0.1, -0.05) is 27.7 Å². The summed E-state index contributed by atoms with van der Waals surface area (Å²) in [6.07, 6.45) is 9.39. The summed E-state index contributed by atoms with van der Waals surface area (Å²) >= 11 is 0. The van der Waals surface area contributed by atoms with E-state index in [-0.39, 0.29) is 29.0 Å². The van der Waals surface area contributed by atoms with Crippen molar-refractivity contribution in [2.24, 2.45) is 52.3 Å². The molecule has 0 aromatic carbocycles. The Morgan fingerprint density at radius 1 is 1.00 bits per heavy atom. The van der Waals surface area contributed by atoms with Gasteiger partial charge < -0.3 is 14.6 Å². The average Bonchev–Trinajstić information content (AvgIpc) is 3.18. The van der Waals surface area contributed by atoms with Crippen molar-refractivity contribution in [2.45, 2.75) is 103 Å². The molecular formula is C27H42O4. The molecule has 4 aliphatic carbocycles. The van der Waals surface area contributed by atoms with Crippen LogP contribution in [0.15, 0.2) is 0 Å². The van der Waals surface area contributed by atoms with Crippen molar-refractivity contribution >= 4 is 5.78 Å². The number of ether oxygens (including phenoxy) is 2. The Balaban J connectivity index is 1.30. The number of carbonyl (C=O) groups is 1. The van der Waals surface area contributed by atoms with Gasteiger partial charge in [-0.25, -0.2) is 0 Å². The van der Waals surface area contributed by atoms with E-state index in [1.165, 1.54) is 12.8 Å². The van der Waals surface area contributed by atoms with Crippen LogP contribution in [0.2, 0.25) is 0 Å². The first-order valence-electron chi connectivity index (χ1n) is 13.2. The van der Waals surface area contributed by atoms with E-state index in [9.17, 15) is 9.90 Å². The molecule has 6 fully saturated rings. The minimum absolute atomic E-state index is 0.131. The van der Waals surface area contributed by atoms with Gasteiger partial charge in [-0.2, -0.15) is 0 Å². The summed E-state index contributed by atoms with van der Waals surface area (Å²) in [4.78, 5) is 14.0. The van der Waals surface area contributed by atoms with Gasteiger partial charge in [0.15, 0.2) is 5.79 Å². The van der Waals surface area contributed by atoms with Crippen LogP contribution in [0.5, 0.6) is 0 Å². The van der Waals surface area contributed by atoms with Gasteiger partial charge in [-0.05, 0) is 80.0 Å². The molecule has 1 N–H and O–H groups in total. The number of aliphatic hydroxyl groups is 1. The predicted octanol–water partition coefficient (Wildman–Crippen LogP) is 4.97. The van der Waals surface area contributed by atoms with Crippen LogP contribution in [0.1, 0.15) is 85.5 Å². The number of Topliss-reactive ketones (excluding diaryl/α,β-unsaturated/α-hetero) is 1. The van der Waals surface area contributed by atoms with E-state index < -0.39 is 5.79 Å². The first-order chi connectivity index (χ1) is 14.7. The lowest BCUT2D eigenvalue weighted by atomic mass is 9.44. The maximum atomic E-state index is 14.0. The van der Waals surface area contributed by atoms with Gasteiger partial charge in [-0.15, -0.1) is 0 Å². The summed E-state index contributed by atoms with van der Waals surface area (Å²) in [6, 6.07) is 0. The van der Waals surface area contributed by atoms with Gasteiger partial charge in [-0.3, -0.25) is 4.79 Å². The van der Waals surface area contributed by atoms with Crippen LogP contribution in [-0.2, 0) is 14.3 Å². The second-order valence-electron chi connectivity index (χ2n) is 13.0. The predicted molar refractivity (Wildman–Crippen MR) is 118 cm³/mol. The fourth-order valence-electron chi connectivity index (χ4n) is 9.93. The molecular weight excluding hydrogens is 388 g/mol. The summed E-state index contributed by atoms with van der Waals surface area (Å²) in [7, 11) is 0. The van der Waals surface area contributed by atoms with Gasteiger partial charge in [0.25, 0.3) is 0 Å². The molecule has 2 aliphatic heterocycles. The van der Waals surface area contributed by atoms with Crippen LogP contribution >= 0.6 is 0 Å². The molecule has 0 radical (unpaired) electrons. The number of aliphatic hydroxyl groups excluding tert-OH is 1. The van der Waals surface area contributed by atoms with Crippen LogP contribution in [0.3, 0.4) is 0 Å². The van der Waals surface area contributed by atoms with Crippen molar-refractivity contribution in [3.05, 3.63) is 0 Å². The standard InChI is InChI=1S/C27H42O4/c1-15-7-10-27(30-14-15)16(2)24-22(31-27)12-21-19-6-5-17-11-18(28)8-9-25(17,3)20(19)13-23(29)26(21,24)4/h15-22,24,28H,5-14H2,1-4H3/t15-,16+,17?,18+,19?,20?,21?,22?,24?,25+,26-,27-/m1/s1. The Labute approximate surface area is 187 Å². The summed E-state index contributed by atoms with van der Waals surface area (Å²) in [5.41, 5.74) is -0.0221. The Morgan fingerprint density at radius 3 is 2.55 bits per heavy atom. The molecule has 4 nitrogen and oxygen atoms in total. The summed E-state index contributed by atoms with van der Waals surface area (Å²) < 4.78 is 13.2.